The molecule has 0 atom stereocenters. The van der Waals surface area contributed by atoms with Gasteiger partial charge in [-0.05, 0) is 18.6 Å². The Labute approximate surface area is 87.7 Å². The first-order valence-electron chi connectivity index (χ1n) is 4.38. The van der Waals surface area contributed by atoms with Crippen molar-refractivity contribution in [3.8, 4) is 11.8 Å². The molecule has 0 aliphatic heterocycles. The van der Waals surface area contributed by atoms with Gasteiger partial charge in [-0.2, -0.15) is 5.26 Å². The Morgan fingerprint density at radius 2 is 2.27 bits per heavy atom. The van der Waals surface area contributed by atoms with Gasteiger partial charge in [0, 0.05) is 5.56 Å². The molecular formula is C11H11NO3. The summed E-state index contributed by atoms with van der Waals surface area (Å²) >= 11 is 0. The van der Waals surface area contributed by atoms with Gasteiger partial charge in [0.2, 0.25) is 0 Å². The predicted octanol–water partition coefficient (Wildman–Crippen LogP) is 1.50. The van der Waals surface area contributed by atoms with Gasteiger partial charge in [-0.3, -0.25) is 4.79 Å². The fourth-order valence-corrected chi connectivity index (χ4v) is 1.47. The third kappa shape index (κ3) is 2.47. The lowest BCUT2D eigenvalue weighted by molar-refractivity contribution is -0.136. The summed E-state index contributed by atoms with van der Waals surface area (Å²) in [6, 6.07) is 5.37. The molecule has 0 saturated carbocycles. The highest BCUT2D eigenvalue weighted by molar-refractivity contribution is 5.72. The number of carboxylic acid groups (broad SMARTS) is 1. The smallest absolute Gasteiger partial charge is 0.307 e. The summed E-state index contributed by atoms with van der Waals surface area (Å²) < 4.78 is 5.04. The van der Waals surface area contributed by atoms with Crippen LogP contribution < -0.4 is 4.74 Å². The molecule has 0 spiro atoms. The van der Waals surface area contributed by atoms with Crippen LogP contribution in [-0.2, 0) is 11.2 Å². The van der Waals surface area contributed by atoms with Gasteiger partial charge in [0.25, 0.3) is 0 Å². The Hall–Kier alpha value is -2.02. The molecule has 0 aromatic heterocycles. The topological polar surface area (TPSA) is 70.3 Å². The third-order valence-electron chi connectivity index (χ3n) is 1.98. The van der Waals surface area contributed by atoms with Crippen molar-refractivity contribution in [3.63, 3.8) is 0 Å². The number of rotatable bonds is 3. The zero-order valence-electron chi connectivity index (χ0n) is 8.57. The molecule has 15 heavy (non-hydrogen) atoms. The molecule has 0 saturated heterocycles. The summed E-state index contributed by atoms with van der Waals surface area (Å²) in [7, 11) is 1.43. The molecule has 0 heterocycles. The molecule has 1 aromatic rings. The van der Waals surface area contributed by atoms with Gasteiger partial charge >= 0.3 is 5.97 Å². The van der Waals surface area contributed by atoms with Gasteiger partial charge in [-0.25, -0.2) is 0 Å². The van der Waals surface area contributed by atoms with Crippen LogP contribution >= 0.6 is 0 Å². The molecule has 0 fully saturated rings. The number of methoxy groups -OCH3 is 1. The van der Waals surface area contributed by atoms with E-state index in [1.54, 1.807) is 12.1 Å². The maximum Gasteiger partial charge on any atom is 0.307 e. The van der Waals surface area contributed by atoms with Crippen molar-refractivity contribution in [2.75, 3.05) is 7.11 Å². The molecule has 1 aromatic carbocycles. The SMILES string of the molecule is COc1c(C#N)cc(C)cc1CC(=O)O. The fourth-order valence-electron chi connectivity index (χ4n) is 1.47. The second-order valence-corrected chi connectivity index (χ2v) is 3.19. The van der Waals surface area contributed by atoms with Crippen molar-refractivity contribution in [2.24, 2.45) is 0 Å². The summed E-state index contributed by atoms with van der Waals surface area (Å²) in [6.07, 6.45) is -0.139. The second-order valence-electron chi connectivity index (χ2n) is 3.19. The number of carbonyl (C=O) groups is 1. The summed E-state index contributed by atoms with van der Waals surface area (Å²) in [5, 5.41) is 17.6. The molecule has 0 amide bonds. The standard InChI is InChI=1S/C11H11NO3/c1-7-3-8(5-10(13)14)11(15-2)9(4-7)6-12/h3-4H,5H2,1-2H3,(H,13,14). The van der Waals surface area contributed by atoms with Gasteiger partial charge in [0.05, 0.1) is 19.1 Å². The van der Waals surface area contributed by atoms with Crippen LogP contribution in [0.5, 0.6) is 5.75 Å². The Morgan fingerprint density at radius 3 is 2.73 bits per heavy atom. The minimum atomic E-state index is -0.942. The van der Waals surface area contributed by atoms with E-state index in [9.17, 15) is 4.79 Å². The zero-order valence-corrected chi connectivity index (χ0v) is 8.57. The van der Waals surface area contributed by atoms with Crippen molar-refractivity contribution in [1.29, 1.82) is 5.26 Å². The Balaban J connectivity index is 3.30. The van der Waals surface area contributed by atoms with Crippen LogP contribution in [0.3, 0.4) is 0 Å². The van der Waals surface area contributed by atoms with Crippen LogP contribution in [0.1, 0.15) is 16.7 Å². The Morgan fingerprint density at radius 1 is 1.60 bits per heavy atom. The summed E-state index contributed by atoms with van der Waals surface area (Å²) in [5.74, 6) is -0.590. The molecule has 4 nitrogen and oxygen atoms in total. The van der Waals surface area contributed by atoms with Crippen LogP contribution in [-0.4, -0.2) is 18.2 Å². The van der Waals surface area contributed by atoms with E-state index < -0.39 is 5.97 Å². The molecule has 1 rings (SSSR count). The molecular weight excluding hydrogens is 194 g/mol. The van der Waals surface area contributed by atoms with Gasteiger partial charge in [0.15, 0.2) is 0 Å². The number of carboxylic acids is 1. The minimum Gasteiger partial charge on any atom is -0.495 e. The lowest BCUT2D eigenvalue weighted by Gasteiger charge is -2.09. The Kier molecular flexibility index (Phi) is 3.29. The van der Waals surface area contributed by atoms with Gasteiger partial charge in [-0.15, -0.1) is 0 Å². The molecule has 78 valence electrons. The number of benzene rings is 1. The van der Waals surface area contributed by atoms with Crippen LogP contribution in [0.25, 0.3) is 0 Å². The monoisotopic (exact) mass is 205 g/mol. The summed E-state index contributed by atoms with van der Waals surface area (Å²) in [6.45, 7) is 1.81. The molecule has 1 N–H and O–H groups in total. The van der Waals surface area contributed by atoms with E-state index in [0.717, 1.165) is 5.56 Å². The van der Waals surface area contributed by atoms with Crippen LogP contribution in [0.15, 0.2) is 12.1 Å². The van der Waals surface area contributed by atoms with Gasteiger partial charge in [0.1, 0.15) is 11.8 Å². The van der Waals surface area contributed by atoms with E-state index in [-0.39, 0.29) is 6.42 Å². The van der Waals surface area contributed by atoms with E-state index in [1.807, 2.05) is 13.0 Å². The average Bonchev–Trinajstić information content (AvgIpc) is 2.15. The van der Waals surface area contributed by atoms with Crippen molar-refractivity contribution < 1.29 is 14.6 Å². The number of hydrogen-bond donors (Lipinski definition) is 1. The maximum atomic E-state index is 10.6. The Bertz CT molecular complexity index is 432. The quantitative estimate of drug-likeness (QED) is 0.811. The summed E-state index contributed by atoms with van der Waals surface area (Å²) in [4.78, 5) is 10.6. The number of ether oxygens (including phenoxy) is 1. The molecule has 0 unspecified atom stereocenters. The zero-order chi connectivity index (χ0) is 11.4. The molecule has 0 aliphatic rings. The highest BCUT2D eigenvalue weighted by Gasteiger charge is 2.12. The molecule has 0 aliphatic carbocycles. The van der Waals surface area contributed by atoms with Crippen molar-refractivity contribution in [2.45, 2.75) is 13.3 Å². The average molecular weight is 205 g/mol. The van der Waals surface area contributed by atoms with Crippen LogP contribution in [0.4, 0.5) is 0 Å². The maximum absolute atomic E-state index is 10.6. The first-order chi connectivity index (χ1) is 7.08. The fraction of sp³-hybridized carbons (Fsp3) is 0.273. The van der Waals surface area contributed by atoms with E-state index in [4.69, 9.17) is 15.1 Å². The molecule has 4 heteroatoms. The normalized spacial score (nSPS) is 9.40. The van der Waals surface area contributed by atoms with Gasteiger partial charge < -0.3 is 9.84 Å². The molecule has 0 bridgehead atoms. The van der Waals surface area contributed by atoms with Crippen LogP contribution in [0, 0.1) is 18.3 Å². The van der Waals surface area contributed by atoms with Crippen LogP contribution in [0.2, 0.25) is 0 Å². The number of aryl methyl sites for hydroxylation is 1. The van der Waals surface area contributed by atoms with E-state index in [0.29, 0.717) is 16.9 Å². The second kappa shape index (κ2) is 4.47. The van der Waals surface area contributed by atoms with Crippen molar-refractivity contribution in [1.82, 2.24) is 0 Å². The van der Waals surface area contributed by atoms with E-state index >= 15 is 0 Å². The lowest BCUT2D eigenvalue weighted by atomic mass is 10.0. The van der Waals surface area contributed by atoms with Crippen molar-refractivity contribution >= 4 is 5.97 Å². The number of aliphatic carboxylic acids is 1. The lowest BCUT2D eigenvalue weighted by Crippen LogP contribution is -2.04. The predicted molar refractivity (Wildman–Crippen MR) is 53.8 cm³/mol. The third-order valence-corrected chi connectivity index (χ3v) is 1.98. The first-order valence-corrected chi connectivity index (χ1v) is 4.38. The minimum absolute atomic E-state index is 0.139. The number of hydrogen-bond acceptors (Lipinski definition) is 3. The van der Waals surface area contributed by atoms with Crippen molar-refractivity contribution in [3.05, 3.63) is 28.8 Å². The molecule has 0 radical (unpaired) electrons. The highest BCUT2D eigenvalue weighted by atomic mass is 16.5. The largest absolute Gasteiger partial charge is 0.495 e. The van der Waals surface area contributed by atoms with E-state index in [1.165, 1.54) is 7.11 Å². The summed E-state index contributed by atoms with van der Waals surface area (Å²) in [5.41, 5.74) is 1.75. The van der Waals surface area contributed by atoms with Gasteiger partial charge in [-0.1, -0.05) is 6.07 Å². The number of nitrogens with zero attached hydrogens (tertiary/aromatic N) is 1. The highest BCUT2D eigenvalue weighted by Crippen LogP contribution is 2.25. The number of nitriles is 1. The first kappa shape index (κ1) is 11.1. The van der Waals surface area contributed by atoms with E-state index in [2.05, 4.69) is 0 Å².